The van der Waals surface area contributed by atoms with E-state index in [1.54, 1.807) is 0 Å². The molecule has 0 atom stereocenters. The fraction of sp³-hybridized carbons (Fsp3) is 0.192. The maximum Gasteiger partial charge on any atom is 0.337 e. The highest BCUT2D eigenvalue weighted by Gasteiger charge is 2.29. The molecule has 1 amide bonds. The van der Waals surface area contributed by atoms with Crippen molar-refractivity contribution in [2.45, 2.75) is 4.90 Å². The minimum absolute atomic E-state index is 0.0248. The third-order valence-corrected chi connectivity index (χ3v) is 7.43. The number of nitrogens with one attached hydrogen (secondary N) is 1. The van der Waals surface area contributed by atoms with Gasteiger partial charge in [0.2, 0.25) is 5.91 Å². The van der Waals surface area contributed by atoms with Gasteiger partial charge in [0.05, 0.1) is 50.1 Å². The molecule has 0 aliphatic carbocycles. The van der Waals surface area contributed by atoms with Crippen LogP contribution in [0.3, 0.4) is 0 Å². The fourth-order valence-electron chi connectivity index (χ4n) is 3.53. The molecule has 0 bridgehead atoms. The molecule has 0 unspecified atom stereocenters. The smallest absolute Gasteiger partial charge is 0.337 e. The molecule has 0 aliphatic rings. The zero-order valence-corrected chi connectivity index (χ0v) is 23.0. The number of nitrogens with zero attached hydrogens (tertiary/aromatic N) is 1. The van der Waals surface area contributed by atoms with Crippen LogP contribution >= 0.6 is 11.6 Å². The van der Waals surface area contributed by atoms with Crippen LogP contribution in [0.1, 0.15) is 20.7 Å². The molecule has 0 aliphatic heterocycles. The van der Waals surface area contributed by atoms with Gasteiger partial charge >= 0.3 is 11.9 Å². The van der Waals surface area contributed by atoms with Crippen molar-refractivity contribution in [3.05, 3.63) is 76.8 Å². The molecule has 1 N–H and O–H groups in total. The van der Waals surface area contributed by atoms with Crippen LogP contribution in [0.4, 0.5) is 11.4 Å². The van der Waals surface area contributed by atoms with Gasteiger partial charge < -0.3 is 24.3 Å². The number of sulfonamides is 1. The number of carbonyl (C=O) groups is 3. The van der Waals surface area contributed by atoms with E-state index in [2.05, 4.69) is 5.32 Å². The van der Waals surface area contributed by atoms with Gasteiger partial charge in [-0.05, 0) is 54.6 Å². The normalized spacial score (nSPS) is 10.8. The van der Waals surface area contributed by atoms with E-state index in [9.17, 15) is 22.8 Å². The summed E-state index contributed by atoms with van der Waals surface area (Å²) in [6.07, 6.45) is 0. The highest BCUT2D eigenvalue weighted by Crippen LogP contribution is 2.32. The van der Waals surface area contributed by atoms with Crippen molar-refractivity contribution in [1.82, 2.24) is 0 Å². The molecule has 0 spiro atoms. The summed E-state index contributed by atoms with van der Waals surface area (Å²) in [6.45, 7) is -0.672. The molecule has 0 heterocycles. The average molecular weight is 577 g/mol. The summed E-state index contributed by atoms with van der Waals surface area (Å²) in [4.78, 5) is 37.2. The molecular weight excluding hydrogens is 552 g/mol. The standard InChI is InChI=1S/C26H25ClN2O9S/c1-35-22-10-9-21(14-23(22)36-2)39(33,34)29(20-7-5-18(27)6-8-20)15-24(30)28-19-12-16(25(31)37-3)11-17(13-19)26(32)38-4/h5-14H,15H2,1-4H3,(H,28,30). The number of anilines is 2. The third kappa shape index (κ3) is 6.78. The SMILES string of the molecule is COC(=O)c1cc(NC(=O)CN(c2ccc(Cl)cc2)S(=O)(=O)c2ccc(OC)c(OC)c2)cc(C(=O)OC)c1. The lowest BCUT2D eigenvalue weighted by molar-refractivity contribution is -0.114. The number of halogens is 1. The van der Waals surface area contributed by atoms with Gasteiger partial charge in [-0.1, -0.05) is 11.6 Å². The minimum Gasteiger partial charge on any atom is -0.493 e. The second-order valence-corrected chi connectivity index (χ2v) is 10.1. The quantitative estimate of drug-likeness (QED) is 0.357. The van der Waals surface area contributed by atoms with Gasteiger partial charge in [-0.3, -0.25) is 9.10 Å². The third-order valence-electron chi connectivity index (χ3n) is 5.40. The monoisotopic (exact) mass is 576 g/mol. The number of ether oxygens (including phenoxy) is 4. The number of benzene rings is 3. The van der Waals surface area contributed by atoms with Crippen LogP contribution in [-0.4, -0.2) is 61.2 Å². The van der Waals surface area contributed by atoms with Crippen LogP contribution in [0, 0.1) is 0 Å². The van der Waals surface area contributed by atoms with E-state index in [4.69, 9.17) is 30.5 Å². The van der Waals surface area contributed by atoms with Gasteiger partial charge in [-0.15, -0.1) is 0 Å². The van der Waals surface area contributed by atoms with E-state index < -0.39 is 34.4 Å². The first kappa shape index (κ1) is 29.3. The van der Waals surface area contributed by atoms with Crippen molar-refractivity contribution in [1.29, 1.82) is 0 Å². The predicted octanol–water partition coefficient (Wildman–Crippen LogP) is 3.76. The summed E-state index contributed by atoms with van der Waals surface area (Å²) in [5.74, 6) is -1.79. The Morgan fingerprint density at radius 1 is 0.795 bits per heavy atom. The maximum atomic E-state index is 13.7. The Morgan fingerprint density at radius 2 is 1.36 bits per heavy atom. The lowest BCUT2D eigenvalue weighted by Crippen LogP contribution is -2.38. The molecule has 11 nitrogen and oxygen atoms in total. The highest BCUT2D eigenvalue weighted by atomic mass is 35.5. The van der Waals surface area contributed by atoms with Crippen molar-refractivity contribution in [3.8, 4) is 11.5 Å². The van der Waals surface area contributed by atoms with Crippen LogP contribution in [0.15, 0.2) is 65.6 Å². The van der Waals surface area contributed by atoms with Crippen molar-refractivity contribution < 1.29 is 41.7 Å². The zero-order chi connectivity index (χ0) is 28.7. The number of methoxy groups -OCH3 is 4. The summed E-state index contributed by atoms with van der Waals surface area (Å²) >= 11 is 5.99. The van der Waals surface area contributed by atoms with Crippen molar-refractivity contribution in [2.24, 2.45) is 0 Å². The number of esters is 2. The maximum absolute atomic E-state index is 13.7. The van der Waals surface area contributed by atoms with E-state index >= 15 is 0 Å². The van der Waals surface area contributed by atoms with Gasteiger partial charge in [-0.2, -0.15) is 0 Å². The first-order valence-corrected chi connectivity index (χ1v) is 13.0. The van der Waals surface area contributed by atoms with Gasteiger partial charge in [0.15, 0.2) is 11.5 Å². The Morgan fingerprint density at radius 3 is 1.87 bits per heavy atom. The van der Waals surface area contributed by atoms with E-state index in [1.807, 2.05) is 0 Å². The number of carbonyl (C=O) groups excluding carboxylic acids is 3. The summed E-state index contributed by atoms with van der Waals surface area (Å²) in [5.41, 5.74) is 0.150. The van der Waals surface area contributed by atoms with Gasteiger partial charge in [0.25, 0.3) is 10.0 Å². The summed E-state index contributed by atoms with van der Waals surface area (Å²) < 4.78 is 48.2. The summed E-state index contributed by atoms with van der Waals surface area (Å²) in [6, 6.07) is 13.7. The Labute approximate surface area is 230 Å². The van der Waals surface area contributed by atoms with E-state index in [0.717, 1.165) is 18.5 Å². The van der Waals surface area contributed by atoms with E-state index in [1.165, 1.54) is 74.9 Å². The Balaban J connectivity index is 2.01. The number of amides is 1. The topological polar surface area (TPSA) is 138 Å². The van der Waals surface area contributed by atoms with Crippen molar-refractivity contribution >= 4 is 50.8 Å². The lowest BCUT2D eigenvalue weighted by Gasteiger charge is -2.24. The molecule has 3 aromatic carbocycles. The van der Waals surface area contributed by atoms with Gasteiger partial charge in [0.1, 0.15) is 6.54 Å². The van der Waals surface area contributed by atoms with Crippen molar-refractivity contribution in [2.75, 3.05) is 44.6 Å². The largest absolute Gasteiger partial charge is 0.493 e. The average Bonchev–Trinajstić information content (AvgIpc) is 2.94. The summed E-state index contributed by atoms with van der Waals surface area (Å²) in [7, 11) is 0.784. The van der Waals surface area contributed by atoms with Crippen LogP contribution in [0.2, 0.25) is 5.02 Å². The molecule has 3 aromatic rings. The molecule has 206 valence electrons. The first-order chi connectivity index (χ1) is 18.5. The van der Waals surface area contributed by atoms with Crippen LogP contribution < -0.4 is 19.1 Å². The number of hydrogen-bond donors (Lipinski definition) is 1. The molecule has 0 saturated heterocycles. The molecule has 0 fully saturated rings. The first-order valence-electron chi connectivity index (χ1n) is 11.2. The molecule has 39 heavy (non-hydrogen) atoms. The second-order valence-electron chi connectivity index (χ2n) is 7.84. The lowest BCUT2D eigenvalue weighted by atomic mass is 10.1. The minimum atomic E-state index is -4.32. The second kappa shape index (κ2) is 12.5. The molecule has 0 saturated carbocycles. The summed E-state index contributed by atoms with van der Waals surface area (Å²) in [5, 5.41) is 2.89. The van der Waals surface area contributed by atoms with E-state index in [-0.39, 0.29) is 33.1 Å². The Hall–Kier alpha value is -4.29. The Bertz CT molecular complexity index is 1460. The van der Waals surface area contributed by atoms with Gasteiger partial charge in [0, 0.05) is 16.8 Å². The number of rotatable bonds is 10. The fourth-order valence-corrected chi connectivity index (χ4v) is 5.09. The zero-order valence-electron chi connectivity index (χ0n) is 21.4. The van der Waals surface area contributed by atoms with Crippen LogP contribution in [-0.2, 0) is 24.3 Å². The molecule has 0 aromatic heterocycles. The molecular formula is C26H25ClN2O9S. The van der Waals surface area contributed by atoms with Crippen molar-refractivity contribution in [3.63, 3.8) is 0 Å². The predicted molar refractivity (Wildman–Crippen MR) is 143 cm³/mol. The van der Waals surface area contributed by atoms with Gasteiger partial charge in [-0.25, -0.2) is 18.0 Å². The highest BCUT2D eigenvalue weighted by molar-refractivity contribution is 7.92. The van der Waals surface area contributed by atoms with Crippen LogP contribution in [0.5, 0.6) is 11.5 Å². The van der Waals surface area contributed by atoms with E-state index in [0.29, 0.717) is 10.8 Å². The molecule has 13 heteroatoms. The number of hydrogen-bond acceptors (Lipinski definition) is 9. The molecule has 0 radical (unpaired) electrons. The van der Waals surface area contributed by atoms with Crippen LogP contribution in [0.25, 0.3) is 0 Å². The Kier molecular flexibility index (Phi) is 9.38. The molecule has 3 rings (SSSR count).